The molecule has 4 rings (SSSR count). The molecule has 0 spiro atoms. The van der Waals surface area contributed by atoms with Gasteiger partial charge >= 0.3 is 0 Å². The monoisotopic (exact) mass is 310 g/mol. The molecular weight excluding hydrogens is 299 g/mol. The highest BCUT2D eigenvalue weighted by molar-refractivity contribution is 5.89. The molecule has 0 fully saturated rings. The average Bonchev–Trinajstić information content (AvgIpc) is 3.17. The highest BCUT2D eigenvalue weighted by atomic mass is 19.1. The zero-order valence-corrected chi connectivity index (χ0v) is 11.8. The van der Waals surface area contributed by atoms with Crippen molar-refractivity contribution in [3.05, 3.63) is 54.4 Å². The van der Waals surface area contributed by atoms with Crippen molar-refractivity contribution in [3.63, 3.8) is 0 Å². The van der Waals surface area contributed by atoms with E-state index in [-0.39, 0.29) is 5.95 Å². The molecule has 0 aliphatic heterocycles. The number of furan rings is 1. The minimum absolute atomic E-state index is 0.117. The Morgan fingerprint density at radius 2 is 2.17 bits per heavy atom. The summed E-state index contributed by atoms with van der Waals surface area (Å²) < 4.78 is 20.2. The maximum atomic E-state index is 13.2. The van der Waals surface area contributed by atoms with Gasteiger partial charge in [-0.25, -0.2) is 14.6 Å². The zero-order chi connectivity index (χ0) is 15.8. The second-order valence-electron chi connectivity index (χ2n) is 4.93. The van der Waals surface area contributed by atoms with Gasteiger partial charge < -0.3 is 10.2 Å². The van der Waals surface area contributed by atoms with Gasteiger partial charge in [0.1, 0.15) is 5.69 Å². The van der Waals surface area contributed by atoms with Crippen molar-refractivity contribution in [3.8, 4) is 11.5 Å². The molecule has 0 saturated heterocycles. The molecule has 0 aliphatic rings. The SMILES string of the molecule is Nc1nc(-c2ccco2)c2cnn(Cc3ccnc(F)c3)c2n1. The molecule has 4 heterocycles. The molecule has 0 aliphatic carbocycles. The van der Waals surface area contributed by atoms with Crippen LogP contribution in [0.3, 0.4) is 0 Å². The predicted molar refractivity (Wildman–Crippen MR) is 80.7 cm³/mol. The lowest BCUT2D eigenvalue weighted by Crippen LogP contribution is -2.05. The number of pyridine rings is 1. The second kappa shape index (κ2) is 5.16. The van der Waals surface area contributed by atoms with Gasteiger partial charge in [-0.05, 0) is 29.8 Å². The summed E-state index contributed by atoms with van der Waals surface area (Å²) in [5, 5.41) is 5.02. The quantitative estimate of drug-likeness (QED) is 0.583. The first-order valence-corrected chi connectivity index (χ1v) is 6.84. The number of nitrogen functional groups attached to an aromatic ring is 1. The predicted octanol–water partition coefficient (Wildman–Crippen LogP) is 2.25. The van der Waals surface area contributed by atoms with Crippen LogP contribution in [0.2, 0.25) is 0 Å². The summed E-state index contributed by atoms with van der Waals surface area (Å²) in [4.78, 5) is 12.0. The molecule has 8 heteroatoms. The van der Waals surface area contributed by atoms with Crippen molar-refractivity contribution < 1.29 is 8.81 Å². The van der Waals surface area contributed by atoms with Crippen LogP contribution in [0.1, 0.15) is 5.56 Å². The molecule has 4 aromatic rings. The Hall–Kier alpha value is -3.29. The first-order valence-electron chi connectivity index (χ1n) is 6.84. The third-order valence-corrected chi connectivity index (χ3v) is 3.39. The summed E-state index contributed by atoms with van der Waals surface area (Å²) in [5.74, 6) is 0.162. The number of nitrogens with two attached hydrogens (primary N) is 1. The molecule has 0 amide bonds. The first-order chi connectivity index (χ1) is 11.2. The van der Waals surface area contributed by atoms with E-state index in [1.807, 2.05) is 0 Å². The second-order valence-corrected chi connectivity index (χ2v) is 4.93. The lowest BCUT2D eigenvalue weighted by atomic mass is 10.2. The molecule has 114 valence electrons. The maximum absolute atomic E-state index is 13.2. The highest BCUT2D eigenvalue weighted by Gasteiger charge is 2.15. The lowest BCUT2D eigenvalue weighted by molar-refractivity contribution is 0.578. The number of hydrogen-bond acceptors (Lipinski definition) is 6. The molecule has 0 unspecified atom stereocenters. The fourth-order valence-electron chi connectivity index (χ4n) is 2.40. The van der Waals surface area contributed by atoms with Crippen LogP contribution in [-0.4, -0.2) is 24.7 Å². The molecule has 0 aromatic carbocycles. The van der Waals surface area contributed by atoms with E-state index in [0.717, 1.165) is 5.56 Å². The average molecular weight is 310 g/mol. The van der Waals surface area contributed by atoms with Gasteiger partial charge in [0.25, 0.3) is 0 Å². The number of halogens is 1. The van der Waals surface area contributed by atoms with Crippen LogP contribution >= 0.6 is 0 Å². The number of aromatic nitrogens is 5. The number of anilines is 1. The van der Waals surface area contributed by atoms with Gasteiger partial charge in [-0.15, -0.1) is 0 Å². The fraction of sp³-hybridized carbons (Fsp3) is 0.0667. The third-order valence-electron chi connectivity index (χ3n) is 3.39. The summed E-state index contributed by atoms with van der Waals surface area (Å²) >= 11 is 0. The molecule has 23 heavy (non-hydrogen) atoms. The van der Waals surface area contributed by atoms with Gasteiger partial charge in [-0.3, -0.25) is 0 Å². The molecule has 7 nitrogen and oxygen atoms in total. The van der Waals surface area contributed by atoms with Gasteiger partial charge in [-0.1, -0.05) is 0 Å². The molecule has 0 radical (unpaired) electrons. The summed E-state index contributed by atoms with van der Waals surface area (Å²) in [6, 6.07) is 6.63. The Bertz CT molecular complexity index is 979. The van der Waals surface area contributed by atoms with Gasteiger partial charge in [-0.2, -0.15) is 14.5 Å². The molecule has 0 saturated carbocycles. The summed E-state index contributed by atoms with van der Waals surface area (Å²) in [6.07, 6.45) is 4.61. The molecule has 4 aromatic heterocycles. The van der Waals surface area contributed by atoms with Gasteiger partial charge in [0.15, 0.2) is 11.4 Å². The topological polar surface area (TPSA) is 95.7 Å². The van der Waals surface area contributed by atoms with Crippen LogP contribution in [0.15, 0.2) is 47.3 Å². The van der Waals surface area contributed by atoms with E-state index in [9.17, 15) is 4.39 Å². The van der Waals surface area contributed by atoms with Crippen LogP contribution in [0.5, 0.6) is 0 Å². The molecule has 0 atom stereocenters. The van der Waals surface area contributed by atoms with Crippen molar-refractivity contribution in [1.82, 2.24) is 24.7 Å². The van der Waals surface area contributed by atoms with Gasteiger partial charge in [0.2, 0.25) is 11.9 Å². The fourth-order valence-corrected chi connectivity index (χ4v) is 2.40. The van der Waals surface area contributed by atoms with Crippen molar-refractivity contribution in [2.45, 2.75) is 6.54 Å². The van der Waals surface area contributed by atoms with Crippen LogP contribution in [0.25, 0.3) is 22.5 Å². The molecule has 2 N–H and O–H groups in total. The van der Waals surface area contributed by atoms with Crippen LogP contribution in [-0.2, 0) is 6.54 Å². The third kappa shape index (κ3) is 2.39. The standard InChI is InChI=1S/C15H11FN6O/c16-12-6-9(3-4-18-12)8-22-14-10(7-19-22)13(20-15(17)21-14)11-2-1-5-23-11/h1-7H,8H2,(H2,17,20,21). The van der Waals surface area contributed by atoms with Crippen molar-refractivity contribution in [2.75, 3.05) is 5.73 Å². The van der Waals surface area contributed by atoms with Crippen LogP contribution < -0.4 is 5.73 Å². The Labute approximate surface area is 129 Å². The summed E-state index contributed by atoms with van der Waals surface area (Å²) in [7, 11) is 0. The Morgan fingerprint density at radius 1 is 1.26 bits per heavy atom. The largest absolute Gasteiger partial charge is 0.463 e. The van der Waals surface area contributed by atoms with E-state index in [1.54, 1.807) is 35.3 Å². The van der Waals surface area contributed by atoms with E-state index in [1.165, 1.54) is 12.3 Å². The normalized spacial score (nSPS) is 11.2. The molecular formula is C15H11FN6O. The van der Waals surface area contributed by atoms with Crippen molar-refractivity contribution >= 4 is 17.0 Å². The Kier molecular flexibility index (Phi) is 3.00. The minimum Gasteiger partial charge on any atom is -0.463 e. The van der Waals surface area contributed by atoms with E-state index < -0.39 is 5.95 Å². The van der Waals surface area contributed by atoms with Crippen molar-refractivity contribution in [1.29, 1.82) is 0 Å². The van der Waals surface area contributed by atoms with E-state index >= 15 is 0 Å². The highest BCUT2D eigenvalue weighted by Crippen LogP contribution is 2.27. The maximum Gasteiger partial charge on any atom is 0.222 e. The molecule has 0 bridgehead atoms. The summed E-state index contributed by atoms with van der Waals surface area (Å²) in [6.45, 7) is 0.344. The smallest absolute Gasteiger partial charge is 0.222 e. The van der Waals surface area contributed by atoms with Crippen molar-refractivity contribution in [2.24, 2.45) is 0 Å². The lowest BCUT2D eigenvalue weighted by Gasteiger charge is -2.05. The summed E-state index contributed by atoms with van der Waals surface area (Å²) in [5.41, 5.74) is 7.65. The number of fused-ring (bicyclic) bond motifs is 1. The zero-order valence-electron chi connectivity index (χ0n) is 11.8. The number of rotatable bonds is 3. The van der Waals surface area contributed by atoms with Gasteiger partial charge in [0.05, 0.1) is 24.4 Å². The van der Waals surface area contributed by atoms with E-state index in [0.29, 0.717) is 29.0 Å². The van der Waals surface area contributed by atoms with Crippen LogP contribution in [0, 0.1) is 5.95 Å². The Balaban J connectivity index is 1.83. The van der Waals surface area contributed by atoms with E-state index in [4.69, 9.17) is 10.2 Å². The first kappa shape index (κ1) is 13.4. The van der Waals surface area contributed by atoms with Crippen LogP contribution in [0.4, 0.5) is 10.3 Å². The Morgan fingerprint density at radius 3 is 2.96 bits per heavy atom. The minimum atomic E-state index is -0.538. The van der Waals surface area contributed by atoms with E-state index in [2.05, 4.69) is 20.1 Å². The van der Waals surface area contributed by atoms with Gasteiger partial charge in [0, 0.05) is 6.20 Å². The number of hydrogen-bond donors (Lipinski definition) is 1. The number of nitrogens with zero attached hydrogens (tertiary/aromatic N) is 5.